The molecule has 1 saturated carbocycles. The van der Waals surface area contributed by atoms with Crippen molar-refractivity contribution in [3.05, 3.63) is 40.8 Å². The van der Waals surface area contributed by atoms with E-state index in [1.165, 1.54) is 18.2 Å². The van der Waals surface area contributed by atoms with E-state index in [1.807, 2.05) is 0 Å². The lowest BCUT2D eigenvalue weighted by Gasteiger charge is -2.18. The summed E-state index contributed by atoms with van der Waals surface area (Å²) in [6.07, 6.45) is 3.12. The summed E-state index contributed by atoms with van der Waals surface area (Å²) in [6, 6.07) is 4.16. The van der Waals surface area contributed by atoms with Crippen LogP contribution in [0, 0.1) is 5.82 Å². The fraction of sp³-hybridized carbons (Fsp3) is 0.333. The van der Waals surface area contributed by atoms with E-state index in [2.05, 4.69) is 4.98 Å². The molecule has 4 heteroatoms. The highest BCUT2D eigenvalue weighted by atomic mass is 19.1. The Labute approximate surface area is 109 Å². The number of hydrogen-bond donors (Lipinski definition) is 1. The van der Waals surface area contributed by atoms with Crippen molar-refractivity contribution in [2.45, 2.75) is 31.1 Å². The normalized spacial score (nSPS) is 23.8. The van der Waals surface area contributed by atoms with Crippen molar-refractivity contribution in [2.24, 2.45) is 0 Å². The third kappa shape index (κ3) is 1.37. The Morgan fingerprint density at radius 2 is 2.11 bits per heavy atom. The molecule has 0 aliphatic heterocycles. The fourth-order valence-corrected chi connectivity index (χ4v) is 3.72. The number of pyridine rings is 1. The Balaban J connectivity index is 2.14. The lowest BCUT2D eigenvalue weighted by molar-refractivity contribution is 0.0697. The van der Waals surface area contributed by atoms with Gasteiger partial charge in [-0.2, -0.15) is 0 Å². The molecule has 1 aromatic carbocycles. The molecule has 0 saturated heterocycles. The molecular weight excluding hydrogens is 245 g/mol. The fourth-order valence-electron chi connectivity index (χ4n) is 3.72. The van der Waals surface area contributed by atoms with Crippen LogP contribution in [-0.4, -0.2) is 16.1 Å². The average molecular weight is 257 g/mol. The Hall–Kier alpha value is -1.97. The first-order chi connectivity index (χ1) is 9.15. The second-order valence-corrected chi connectivity index (χ2v) is 5.46. The van der Waals surface area contributed by atoms with Crippen LogP contribution in [0.2, 0.25) is 0 Å². The summed E-state index contributed by atoms with van der Waals surface area (Å²) in [5.41, 5.74) is 2.60. The molecule has 96 valence electrons. The van der Waals surface area contributed by atoms with Crippen molar-refractivity contribution in [2.75, 3.05) is 0 Å². The van der Waals surface area contributed by atoms with Crippen LogP contribution in [0.3, 0.4) is 0 Å². The van der Waals surface area contributed by atoms with Crippen molar-refractivity contribution in [1.29, 1.82) is 0 Å². The molecule has 1 fully saturated rings. The van der Waals surface area contributed by atoms with E-state index in [0.717, 1.165) is 30.5 Å². The number of benzene rings is 1. The van der Waals surface area contributed by atoms with Gasteiger partial charge >= 0.3 is 5.97 Å². The molecule has 1 N–H and O–H groups in total. The number of rotatable bonds is 1. The van der Waals surface area contributed by atoms with Crippen molar-refractivity contribution in [3.8, 4) is 0 Å². The predicted molar refractivity (Wildman–Crippen MR) is 68.0 cm³/mol. The highest BCUT2D eigenvalue weighted by molar-refractivity contribution is 6.04. The topological polar surface area (TPSA) is 50.2 Å². The quantitative estimate of drug-likeness (QED) is 0.851. The minimum Gasteiger partial charge on any atom is -0.478 e. The maximum Gasteiger partial charge on any atom is 0.336 e. The van der Waals surface area contributed by atoms with Crippen molar-refractivity contribution in [1.82, 2.24) is 4.98 Å². The monoisotopic (exact) mass is 257 g/mol. The first-order valence-electron chi connectivity index (χ1n) is 6.51. The number of aromatic nitrogens is 1. The average Bonchev–Trinajstić information content (AvgIpc) is 2.96. The van der Waals surface area contributed by atoms with Crippen LogP contribution < -0.4 is 0 Å². The van der Waals surface area contributed by atoms with Crippen molar-refractivity contribution < 1.29 is 14.3 Å². The summed E-state index contributed by atoms with van der Waals surface area (Å²) in [5, 5.41) is 10.1. The zero-order valence-electron chi connectivity index (χ0n) is 10.2. The van der Waals surface area contributed by atoms with Crippen LogP contribution in [0.5, 0.6) is 0 Å². The SMILES string of the molecule is O=C(O)c1c2c(nc3cc(F)ccc13)C1CCC2C1. The smallest absolute Gasteiger partial charge is 0.336 e. The van der Waals surface area contributed by atoms with Gasteiger partial charge in [-0.25, -0.2) is 9.18 Å². The van der Waals surface area contributed by atoms with Gasteiger partial charge in [0, 0.05) is 23.1 Å². The van der Waals surface area contributed by atoms with E-state index in [1.54, 1.807) is 0 Å². The summed E-state index contributed by atoms with van der Waals surface area (Å²) in [7, 11) is 0. The molecule has 0 radical (unpaired) electrons. The highest BCUT2D eigenvalue weighted by Gasteiger charge is 2.41. The standard InChI is InChI=1S/C15H12FNO2/c16-9-3-4-10-11(6-9)17-14-8-2-1-7(5-8)12(14)13(10)15(18)19/h3-4,6-8H,1-2,5H2,(H,18,19). The van der Waals surface area contributed by atoms with Gasteiger partial charge in [0.2, 0.25) is 0 Å². The Morgan fingerprint density at radius 1 is 1.32 bits per heavy atom. The highest BCUT2D eigenvalue weighted by Crippen LogP contribution is 2.54. The van der Waals surface area contributed by atoms with E-state index in [0.29, 0.717) is 28.3 Å². The third-order valence-corrected chi connectivity index (χ3v) is 4.46. The summed E-state index contributed by atoms with van der Waals surface area (Å²) < 4.78 is 13.3. The van der Waals surface area contributed by atoms with Crippen LogP contribution in [0.4, 0.5) is 4.39 Å². The van der Waals surface area contributed by atoms with Crippen LogP contribution in [0.15, 0.2) is 18.2 Å². The molecule has 1 aromatic heterocycles. The number of hydrogen-bond acceptors (Lipinski definition) is 2. The zero-order chi connectivity index (χ0) is 13.1. The van der Waals surface area contributed by atoms with Crippen molar-refractivity contribution >= 4 is 16.9 Å². The van der Waals surface area contributed by atoms with Gasteiger partial charge in [0.05, 0.1) is 11.1 Å². The third-order valence-electron chi connectivity index (χ3n) is 4.46. The first-order valence-corrected chi connectivity index (χ1v) is 6.51. The van der Waals surface area contributed by atoms with Gasteiger partial charge in [-0.1, -0.05) is 0 Å². The number of aromatic carboxylic acids is 1. The van der Waals surface area contributed by atoms with Gasteiger partial charge in [0.25, 0.3) is 0 Å². The minimum atomic E-state index is -0.928. The van der Waals surface area contributed by atoms with Gasteiger partial charge in [-0.05, 0) is 42.9 Å². The second-order valence-electron chi connectivity index (χ2n) is 5.46. The van der Waals surface area contributed by atoms with E-state index in [-0.39, 0.29) is 5.82 Å². The number of carboxylic acids is 1. The molecule has 2 aliphatic rings. The van der Waals surface area contributed by atoms with Crippen molar-refractivity contribution in [3.63, 3.8) is 0 Å². The Kier molecular flexibility index (Phi) is 2.03. The molecule has 3 nitrogen and oxygen atoms in total. The van der Waals surface area contributed by atoms with Gasteiger partial charge < -0.3 is 5.11 Å². The largest absolute Gasteiger partial charge is 0.478 e. The van der Waals surface area contributed by atoms with Gasteiger partial charge in [-0.3, -0.25) is 4.98 Å². The summed E-state index contributed by atoms with van der Waals surface area (Å²) in [6.45, 7) is 0. The molecule has 19 heavy (non-hydrogen) atoms. The molecule has 2 atom stereocenters. The molecule has 2 aromatic rings. The van der Waals surface area contributed by atoms with Gasteiger partial charge in [-0.15, -0.1) is 0 Å². The minimum absolute atomic E-state index is 0.327. The molecular formula is C15H12FNO2. The number of halogens is 1. The molecule has 2 aliphatic carbocycles. The molecule has 2 bridgehead atoms. The van der Waals surface area contributed by atoms with Gasteiger partial charge in [0.15, 0.2) is 0 Å². The molecule has 1 heterocycles. The number of nitrogens with zero attached hydrogens (tertiary/aromatic N) is 1. The van der Waals surface area contributed by atoms with Crippen LogP contribution in [-0.2, 0) is 0 Å². The van der Waals surface area contributed by atoms with E-state index >= 15 is 0 Å². The van der Waals surface area contributed by atoms with Crippen LogP contribution in [0.25, 0.3) is 10.9 Å². The van der Waals surface area contributed by atoms with Gasteiger partial charge in [0.1, 0.15) is 5.82 Å². The Morgan fingerprint density at radius 3 is 2.89 bits per heavy atom. The van der Waals surface area contributed by atoms with E-state index in [9.17, 15) is 14.3 Å². The predicted octanol–water partition coefficient (Wildman–Crippen LogP) is 3.44. The number of carboxylic acid groups (broad SMARTS) is 1. The summed E-state index contributed by atoms with van der Waals surface area (Å²) >= 11 is 0. The lowest BCUT2D eigenvalue weighted by atomic mass is 9.89. The maximum absolute atomic E-state index is 13.3. The van der Waals surface area contributed by atoms with Crippen LogP contribution >= 0.6 is 0 Å². The maximum atomic E-state index is 13.3. The summed E-state index contributed by atoms with van der Waals surface area (Å²) in [4.78, 5) is 16.2. The molecule has 2 unspecified atom stereocenters. The van der Waals surface area contributed by atoms with Crippen LogP contribution in [0.1, 0.15) is 52.7 Å². The first kappa shape index (κ1) is 10.9. The molecule has 4 rings (SSSR count). The molecule has 0 amide bonds. The number of carbonyl (C=O) groups is 1. The second kappa shape index (κ2) is 3.53. The lowest BCUT2D eigenvalue weighted by Crippen LogP contribution is -2.11. The molecule has 0 spiro atoms. The zero-order valence-corrected chi connectivity index (χ0v) is 10.2. The number of fused-ring (bicyclic) bond motifs is 6. The van der Waals surface area contributed by atoms with E-state index < -0.39 is 5.97 Å². The Bertz CT molecular complexity index is 726. The van der Waals surface area contributed by atoms with E-state index in [4.69, 9.17) is 0 Å². The summed E-state index contributed by atoms with van der Waals surface area (Å²) in [5.74, 6) is -0.610.